The molecule has 0 aliphatic heterocycles. The molecule has 0 atom stereocenters. The lowest BCUT2D eigenvalue weighted by Crippen LogP contribution is -2.24. The van der Waals surface area contributed by atoms with E-state index >= 15 is 0 Å². The number of nitrogens with two attached hydrogens (primary N) is 1. The number of aromatic nitrogens is 2. The van der Waals surface area contributed by atoms with Gasteiger partial charge in [0.25, 0.3) is 0 Å². The first-order valence-corrected chi connectivity index (χ1v) is 6.63. The Hall–Kier alpha value is -1.13. The third kappa shape index (κ3) is 2.49. The van der Waals surface area contributed by atoms with Crippen LogP contribution in [0.2, 0.25) is 0 Å². The summed E-state index contributed by atoms with van der Waals surface area (Å²) in [5.74, 6) is -1.65. The van der Waals surface area contributed by atoms with Crippen molar-refractivity contribution in [2.75, 3.05) is 5.73 Å². The van der Waals surface area contributed by atoms with Crippen molar-refractivity contribution < 1.29 is 8.78 Å². The molecule has 0 saturated heterocycles. The molecule has 2 N–H and O–H groups in total. The molecule has 0 radical (unpaired) electrons. The van der Waals surface area contributed by atoms with E-state index in [1.807, 2.05) is 7.05 Å². The van der Waals surface area contributed by atoms with E-state index in [1.54, 1.807) is 4.68 Å². The van der Waals surface area contributed by atoms with Gasteiger partial charge in [-0.05, 0) is 19.3 Å². The number of anilines is 1. The second-order valence-electron chi connectivity index (χ2n) is 5.25. The van der Waals surface area contributed by atoms with Gasteiger partial charge in [0.1, 0.15) is 5.82 Å². The quantitative estimate of drug-likeness (QED) is 0.903. The van der Waals surface area contributed by atoms with Crippen LogP contribution in [-0.2, 0) is 13.5 Å². The van der Waals surface area contributed by atoms with Crippen molar-refractivity contribution in [1.29, 1.82) is 0 Å². The van der Waals surface area contributed by atoms with Crippen LogP contribution in [0.1, 0.15) is 56.2 Å². The van der Waals surface area contributed by atoms with Crippen molar-refractivity contribution in [3.05, 3.63) is 11.3 Å². The number of alkyl halides is 2. The van der Waals surface area contributed by atoms with Gasteiger partial charge in [-0.25, -0.2) is 8.78 Å². The fourth-order valence-electron chi connectivity index (χ4n) is 2.75. The fraction of sp³-hybridized carbons (Fsp3) is 0.769. The Bertz CT molecular complexity index is 416. The first-order valence-electron chi connectivity index (χ1n) is 6.63. The number of hydrogen-bond donors (Lipinski definition) is 1. The largest absolute Gasteiger partial charge is 0.384 e. The van der Waals surface area contributed by atoms with Gasteiger partial charge in [0.05, 0.1) is 5.69 Å². The average Bonchev–Trinajstić information content (AvgIpc) is 2.58. The molecule has 1 aliphatic carbocycles. The number of nitrogens with zero attached hydrogens (tertiary/aromatic N) is 2. The molecule has 1 aromatic rings. The molecule has 0 amide bonds. The topological polar surface area (TPSA) is 43.8 Å². The first-order chi connectivity index (χ1) is 8.44. The first kappa shape index (κ1) is 13.3. The number of aryl methyl sites for hydroxylation is 1. The van der Waals surface area contributed by atoms with E-state index in [0.717, 1.165) is 24.1 Å². The van der Waals surface area contributed by atoms with Crippen LogP contribution in [0.15, 0.2) is 0 Å². The molecular weight excluding hydrogens is 236 g/mol. The summed E-state index contributed by atoms with van der Waals surface area (Å²) in [5.41, 5.74) is 8.02. The highest BCUT2D eigenvalue weighted by Gasteiger charge is 2.37. The van der Waals surface area contributed by atoms with E-state index in [2.05, 4.69) is 12.0 Å². The number of rotatable bonds is 3. The maximum absolute atomic E-state index is 13.2. The Labute approximate surface area is 106 Å². The molecule has 0 bridgehead atoms. The molecule has 5 heteroatoms. The van der Waals surface area contributed by atoms with Gasteiger partial charge in [-0.1, -0.05) is 13.3 Å². The molecule has 1 fully saturated rings. The van der Waals surface area contributed by atoms with Crippen LogP contribution in [0.3, 0.4) is 0 Å². The lowest BCUT2D eigenvalue weighted by atomic mass is 9.83. The molecule has 1 heterocycles. The van der Waals surface area contributed by atoms with Crippen molar-refractivity contribution in [2.24, 2.45) is 7.05 Å². The van der Waals surface area contributed by atoms with Crippen LogP contribution in [0.5, 0.6) is 0 Å². The third-order valence-corrected chi connectivity index (χ3v) is 3.83. The fourth-order valence-corrected chi connectivity index (χ4v) is 2.75. The maximum atomic E-state index is 13.2. The predicted molar refractivity (Wildman–Crippen MR) is 67.8 cm³/mol. The minimum absolute atomic E-state index is 0.0281. The SMILES string of the molecule is CCCc1c(C2CCC(F)(F)CC2)nn(C)c1N. The highest BCUT2D eigenvalue weighted by atomic mass is 19.3. The summed E-state index contributed by atoms with van der Waals surface area (Å²) in [6, 6.07) is 0. The predicted octanol–water partition coefficient (Wildman–Crippen LogP) is 3.25. The molecule has 1 aliphatic rings. The average molecular weight is 257 g/mol. The van der Waals surface area contributed by atoms with Crippen molar-refractivity contribution in [3.63, 3.8) is 0 Å². The Morgan fingerprint density at radius 1 is 1.39 bits per heavy atom. The standard InChI is InChI=1S/C13H21F2N3/c1-3-4-10-11(17-18(2)12(10)16)9-5-7-13(14,15)8-6-9/h9H,3-8,16H2,1-2H3. The lowest BCUT2D eigenvalue weighted by Gasteiger charge is -2.27. The lowest BCUT2D eigenvalue weighted by molar-refractivity contribution is -0.0385. The van der Waals surface area contributed by atoms with E-state index in [4.69, 9.17) is 5.73 Å². The van der Waals surface area contributed by atoms with Gasteiger partial charge in [0.2, 0.25) is 5.92 Å². The molecule has 18 heavy (non-hydrogen) atoms. The van der Waals surface area contributed by atoms with Gasteiger partial charge in [-0.15, -0.1) is 0 Å². The molecule has 1 aromatic heterocycles. The van der Waals surface area contributed by atoms with E-state index in [-0.39, 0.29) is 18.8 Å². The van der Waals surface area contributed by atoms with E-state index in [9.17, 15) is 8.78 Å². The summed E-state index contributed by atoms with van der Waals surface area (Å²) in [6.45, 7) is 2.09. The monoisotopic (exact) mass is 257 g/mol. The Morgan fingerprint density at radius 2 is 2.00 bits per heavy atom. The minimum atomic E-state index is -2.48. The Morgan fingerprint density at radius 3 is 2.56 bits per heavy atom. The van der Waals surface area contributed by atoms with Crippen LogP contribution in [0.25, 0.3) is 0 Å². The number of hydrogen-bond acceptors (Lipinski definition) is 2. The third-order valence-electron chi connectivity index (χ3n) is 3.83. The summed E-state index contributed by atoms with van der Waals surface area (Å²) in [7, 11) is 1.81. The summed E-state index contributed by atoms with van der Waals surface area (Å²) in [5, 5.41) is 4.45. The summed E-state index contributed by atoms with van der Waals surface area (Å²) in [4.78, 5) is 0. The highest BCUT2D eigenvalue weighted by molar-refractivity contribution is 5.45. The van der Waals surface area contributed by atoms with Gasteiger partial charge < -0.3 is 5.73 Å². The van der Waals surface area contributed by atoms with Crippen molar-refractivity contribution in [2.45, 2.75) is 57.3 Å². The molecule has 102 valence electrons. The van der Waals surface area contributed by atoms with Crippen LogP contribution in [0, 0.1) is 0 Å². The molecule has 0 aromatic carbocycles. The van der Waals surface area contributed by atoms with Crippen LogP contribution < -0.4 is 5.73 Å². The maximum Gasteiger partial charge on any atom is 0.248 e. The Kier molecular flexibility index (Phi) is 3.59. The van der Waals surface area contributed by atoms with Gasteiger partial charge in [0.15, 0.2) is 0 Å². The zero-order valence-corrected chi connectivity index (χ0v) is 11.0. The number of nitrogen functional groups attached to an aromatic ring is 1. The second-order valence-corrected chi connectivity index (χ2v) is 5.25. The van der Waals surface area contributed by atoms with Gasteiger partial charge in [-0.3, -0.25) is 4.68 Å². The molecule has 0 unspecified atom stereocenters. The van der Waals surface area contributed by atoms with E-state index in [0.29, 0.717) is 18.7 Å². The molecule has 2 rings (SSSR count). The zero-order valence-electron chi connectivity index (χ0n) is 11.0. The summed E-state index contributed by atoms with van der Waals surface area (Å²) < 4.78 is 28.0. The second kappa shape index (κ2) is 4.86. The van der Waals surface area contributed by atoms with Gasteiger partial charge in [-0.2, -0.15) is 5.10 Å². The molecule has 1 saturated carbocycles. The van der Waals surface area contributed by atoms with Crippen molar-refractivity contribution in [3.8, 4) is 0 Å². The zero-order chi connectivity index (χ0) is 13.3. The molecular formula is C13H21F2N3. The van der Waals surface area contributed by atoms with Crippen LogP contribution in [0.4, 0.5) is 14.6 Å². The number of halogens is 2. The van der Waals surface area contributed by atoms with E-state index < -0.39 is 5.92 Å². The summed E-state index contributed by atoms with van der Waals surface area (Å²) in [6.07, 6.45) is 2.84. The van der Waals surface area contributed by atoms with Gasteiger partial charge >= 0.3 is 0 Å². The smallest absolute Gasteiger partial charge is 0.248 e. The highest BCUT2D eigenvalue weighted by Crippen LogP contribution is 2.42. The Balaban J connectivity index is 2.21. The minimum Gasteiger partial charge on any atom is -0.384 e. The summed E-state index contributed by atoms with van der Waals surface area (Å²) >= 11 is 0. The molecule has 0 spiro atoms. The molecule has 3 nitrogen and oxygen atoms in total. The van der Waals surface area contributed by atoms with Gasteiger partial charge in [0, 0.05) is 31.4 Å². The van der Waals surface area contributed by atoms with Crippen LogP contribution in [-0.4, -0.2) is 15.7 Å². The van der Waals surface area contributed by atoms with E-state index in [1.165, 1.54) is 0 Å². The van der Waals surface area contributed by atoms with Crippen molar-refractivity contribution in [1.82, 2.24) is 9.78 Å². The van der Waals surface area contributed by atoms with Crippen LogP contribution >= 0.6 is 0 Å². The van der Waals surface area contributed by atoms with Crippen molar-refractivity contribution >= 4 is 5.82 Å². The normalized spacial score (nSPS) is 20.2.